The van der Waals surface area contributed by atoms with E-state index >= 15 is 0 Å². The molecule has 110 valence electrons. The molecule has 0 spiro atoms. The van der Waals surface area contributed by atoms with E-state index in [4.69, 9.17) is 9.47 Å². The van der Waals surface area contributed by atoms with Crippen molar-refractivity contribution in [3.63, 3.8) is 0 Å². The average Bonchev–Trinajstić information content (AvgIpc) is 2.50. The predicted molar refractivity (Wildman–Crippen MR) is 81.5 cm³/mol. The third-order valence-electron chi connectivity index (χ3n) is 3.60. The van der Waals surface area contributed by atoms with Crippen LogP contribution in [0.2, 0.25) is 0 Å². The molecule has 1 N–H and O–H groups in total. The molecule has 1 atom stereocenters. The molecule has 0 amide bonds. The molecule has 1 saturated heterocycles. The van der Waals surface area contributed by atoms with Crippen molar-refractivity contribution in [1.29, 1.82) is 0 Å². The quantitative estimate of drug-likeness (QED) is 0.808. The zero-order valence-electron chi connectivity index (χ0n) is 12.4. The lowest BCUT2D eigenvalue weighted by Crippen LogP contribution is -2.44. The van der Waals surface area contributed by atoms with Crippen molar-refractivity contribution in [2.75, 3.05) is 39.9 Å². The van der Waals surface area contributed by atoms with Gasteiger partial charge in [0.1, 0.15) is 0 Å². The lowest BCUT2D eigenvalue weighted by Gasteiger charge is -2.33. The standard InChI is InChI=1S/C16H24N2O2/c1-4-14(18-10-8-17-9-11-18)13-6-7-15(19-3)16(12-13)20-5-2/h4,6-7,12,14,17H,1,5,8-11H2,2-3H3/t14-/m1/s1. The first-order valence-electron chi connectivity index (χ1n) is 7.18. The van der Waals surface area contributed by atoms with Gasteiger partial charge < -0.3 is 14.8 Å². The first-order valence-corrected chi connectivity index (χ1v) is 7.18. The monoisotopic (exact) mass is 276 g/mol. The van der Waals surface area contributed by atoms with Crippen LogP contribution in [-0.2, 0) is 0 Å². The molecule has 4 nitrogen and oxygen atoms in total. The highest BCUT2D eigenvalue weighted by atomic mass is 16.5. The van der Waals surface area contributed by atoms with E-state index in [1.807, 2.05) is 19.1 Å². The predicted octanol–water partition coefficient (Wildman–Crippen LogP) is 2.23. The third-order valence-corrected chi connectivity index (χ3v) is 3.60. The summed E-state index contributed by atoms with van der Waals surface area (Å²) in [5, 5.41) is 3.37. The van der Waals surface area contributed by atoms with E-state index in [9.17, 15) is 0 Å². The second kappa shape index (κ2) is 7.31. The topological polar surface area (TPSA) is 33.7 Å². The fraction of sp³-hybridized carbons (Fsp3) is 0.500. The van der Waals surface area contributed by atoms with Crippen molar-refractivity contribution in [1.82, 2.24) is 10.2 Å². The molecule has 1 aliphatic heterocycles. The van der Waals surface area contributed by atoms with Crippen LogP contribution in [-0.4, -0.2) is 44.8 Å². The fourth-order valence-corrected chi connectivity index (χ4v) is 2.60. The Morgan fingerprint density at radius 3 is 2.70 bits per heavy atom. The van der Waals surface area contributed by atoms with Crippen LogP contribution in [0.1, 0.15) is 18.5 Å². The molecular weight excluding hydrogens is 252 g/mol. The molecule has 0 saturated carbocycles. The van der Waals surface area contributed by atoms with Gasteiger partial charge in [-0.2, -0.15) is 0 Å². The lowest BCUT2D eigenvalue weighted by molar-refractivity contribution is 0.203. The van der Waals surface area contributed by atoms with Gasteiger partial charge in [0.15, 0.2) is 11.5 Å². The van der Waals surface area contributed by atoms with Crippen molar-refractivity contribution in [3.8, 4) is 11.5 Å². The maximum absolute atomic E-state index is 5.66. The van der Waals surface area contributed by atoms with E-state index < -0.39 is 0 Å². The Bertz CT molecular complexity index is 442. The molecule has 20 heavy (non-hydrogen) atoms. The van der Waals surface area contributed by atoms with Crippen molar-refractivity contribution in [2.24, 2.45) is 0 Å². The number of ether oxygens (including phenoxy) is 2. The summed E-state index contributed by atoms with van der Waals surface area (Å²) < 4.78 is 11.0. The van der Waals surface area contributed by atoms with Crippen LogP contribution in [0, 0.1) is 0 Å². The van der Waals surface area contributed by atoms with E-state index in [1.165, 1.54) is 5.56 Å². The number of hydrogen-bond donors (Lipinski definition) is 1. The van der Waals surface area contributed by atoms with Crippen LogP contribution in [0.15, 0.2) is 30.9 Å². The first-order chi connectivity index (χ1) is 9.80. The average molecular weight is 276 g/mol. The van der Waals surface area contributed by atoms with E-state index in [0.717, 1.165) is 37.7 Å². The highest BCUT2D eigenvalue weighted by Crippen LogP contribution is 2.32. The van der Waals surface area contributed by atoms with Crippen molar-refractivity contribution in [3.05, 3.63) is 36.4 Å². The highest BCUT2D eigenvalue weighted by Gasteiger charge is 2.20. The summed E-state index contributed by atoms with van der Waals surface area (Å²) >= 11 is 0. The Morgan fingerprint density at radius 1 is 1.35 bits per heavy atom. The number of piperazine rings is 1. The summed E-state index contributed by atoms with van der Waals surface area (Å²) in [4.78, 5) is 2.43. The molecule has 1 heterocycles. The van der Waals surface area contributed by atoms with Crippen LogP contribution in [0.25, 0.3) is 0 Å². The second-order valence-corrected chi connectivity index (χ2v) is 4.81. The first kappa shape index (κ1) is 14.9. The molecule has 1 aromatic rings. The molecule has 1 fully saturated rings. The maximum Gasteiger partial charge on any atom is 0.161 e. The van der Waals surface area contributed by atoms with Gasteiger partial charge >= 0.3 is 0 Å². The number of nitrogens with zero attached hydrogens (tertiary/aromatic N) is 1. The Morgan fingerprint density at radius 2 is 2.10 bits per heavy atom. The number of nitrogens with one attached hydrogen (secondary N) is 1. The van der Waals surface area contributed by atoms with Gasteiger partial charge in [0.25, 0.3) is 0 Å². The van der Waals surface area contributed by atoms with Crippen LogP contribution in [0.4, 0.5) is 0 Å². The minimum absolute atomic E-state index is 0.224. The molecule has 0 unspecified atom stereocenters. The van der Waals surface area contributed by atoms with Gasteiger partial charge in [0, 0.05) is 26.2 Å². The molecule has 4 heteroatoms. The zero-order valence-corrected chi connectivity index (χ0v) is 12.4. The number of hydrogen-bond acceptors (Lipinski definition) is 4. The SMILES string of the molecule is C=C[C@H](c1ccc(OC)c(OCC)c1)N1CCNCC1. The van der Waals surface area contributed by atoms with Gasteiger partial charge in [-0.05, 0) is 24.6 Å². The Balaban J connectivity index is 2.24. The molecule has 0 bridgehead atoms. The zero-order chi connectivity index (χ0) is 14.4. The molecule has 1 aromatic carbocycles. The van der Waals surface area contributed by atoms with E-state index in [-0.39, 0.29) is 6.04 Å². The van der Waals surface area contributed by atoms with Gasteiger partial charge in [-0.25, -0.2) is 0 Å². The molecular formula is C16H24N2O2. The summed E-state index contributed by atoms with van der Waals surface area (Å²) in [6, 6.07) is 6.35. The van der Waals surface area contributed by atoms with Crippen LogP contribution >= 0.6 is 0 Å². The van der Waals surface area contributed by atoms with Gasteiger partial charge in [0.05, 0.1) is 19.8 Å². The molecule has 0 aliphatic carbocycles. The summed E-state index contributed by atoms with van der Waals surface area (Å²) in [6.45, 7) is 10.7. The summed E-state index contributed by atoms with van der Waals surface area (Å²) in [7, 11) is 1.67. The Hall–Kier alpha value is -1.52. The van der Waals surface area contributed by atoms with E-state index in [2.05, 4.69) is 28.9 Å². The number of benzene rings is 1. The van der Waals surface area contributed by atoms with E-state index in [1.54, 1.807) is 7.11 Å². The summed E-state index contributed by atoms with van der Waals surface area (Å²) in [6.07, 6.45) is 2.00. The largest absolute Gasteiger partial charge is 0.493 e. The molecule has 2 rings (SSSR count). The van der Waals surface area contributed by atoms with Crippen molar-refractivity contribution < 1.29 is 9.47 Å². The normalized spacial score (nSPS) is 17.5. The minimum Gasteiger partial charge on any atom is -0.493 e. The lowest BCUT2D eigenvalue weighted by atomic mass is 10.0. The smallest absolute Gasteiger partial charge is 0.161 e. The van der Waals surface area contributed by atoms with Gasteiger partial charge in [-0.1, -0.05) is 12.1 Å². The second-order valence-electron chi connectivity index (χ2n) is 4.81. The fourth-order valence-electron chi connectivity index (χ4n) is 2.60. The van der Waals surface area contributed by atoms with Crippen molar-refractivity contribution in [2.45, 2.75) is 13.0 Å². The summed E-state index contributed by atoms with van der Waals surface area (Å²) in [5.74, 6) is 1.58. The number of methoxy groups -OCH3 is 1. The van der Waals surface area contributed by atoms with Crippen LogP contribution in [0.3, 0.4) is 0 Å². The van der Waals surface area contributed by atoms with Gasteiger partial charge in [-0.15, -0.1) is 6.58 Å². The Labute approximate surface area is 121 Å². The third kappa shape index (κ3) is 3.32. The van der Waals surface area contributed by atoms with Crippen LogP contribution in [0.5, 0.6) is 11.5 Å². The summed E-state index contributed by atoms with van der Waals surface area (Å²) in [5.41, 5.74) is 1.20. The molecule has 0 aromatic heterocycles. The number of rotatable bonds is 6. The Kier molecular flexibility index (Phi) is 5.44. The van der Waals surface area contributed by atoms with Gasteiger partial charge in [-0.3, -0.25) is 4.90 Å². The maximum atomic E-state index is 5.66. The van der Waals surface area contributed by atoms with Crippen LogP contribution < -0.4 is 14.8 Å². The van der Waals surface area contributed by atoms with E-state index in [0.29, 0.717) is 6.61 Å². The highest BCUT2D eigenvalue weighted by molar-refractivity contribution is 5.44. The molecule has 1 aliphatic rings. The van der Waals surface area contributed by atoms with Crippen molar-refractivity contribution >= 4 is 0 Å². The minimum atomic E-state index is 0.224. The van der Waals surface area contributed by atoms with Gasteiger partial charge in [0.2, 0.25) is 0 Å². The molecule has 0 radical (unpaired) electrons.